The number of thioether (sulfide) groups is 1. The lowest BCUT2D eigenvalue weighted by Crippen LogP contribution is -2.07. The van der Waals surface area contributed by atoms with Gasteiger partial charge in [0, 0.05) is 18.0 Å². The van der Waals surface area contributed by atoms with Crippen LogP contribution in [0.5, 0.6) is 0 Å². The SMILES string of the molecule is CSc1nc(Nc2ccc(N)cc2)c2ncn(C3CCCO3)c2n1. The van der Waals surface area contributed by atoms with Gasteiger partial charge >= 0.3 is 0 Å². The molecule has 1 fully saturated rings. The Morgan fingerprint density at radius 3 is 2.83 bits per heavy atom. The van der Waals surface area contributed by atoms with Gasteiger partial charge in [-0.15, -0.1) is 0 Å². The van der Waals surface area contributed by atoms with Crippen molar-refractivity contribution in [3.8, 4) is 0 Å². The zero-order chi connectivity index (χ0) is 16.5. The molecule has 0 radical (unpaired) electrons. The van der Waals surface area contributed by atoms with Crippen LogP contribution >= 0.6 is 11.8 Å². The number of fused-ring (bicyclic) bond motifs is 1. The van der Waals surface area contributed by atoms with E-state index in [1.807, 2.05) is 35.1 Å². The monoisotopic (exact) mass is 342 g/mol. The first-order chi connectivity index (χ1) is 11.7. The Bertz CT molecular complexity index is 857. The Labute approximate surface area is 143 Å². The number of benzene rings is 1. The number of imidazole rings is 1. The highest BCUT2D eigenvalue weighted by Crippen LogP contribution is 2.30. The molecule has 7 nitrogen and oxygen atoms in total. The number of nitrogens with zero attached hydrogens (tertiary/aromatic N) is 4. The number of aromatic nitrogens is 4. The maximum Gasteiger partial charge on any atom is 0.191 e. The zero-order valence-corrected chi connectivity index (χ0v) is 14.1. The minimum Gasteiger partial charge on any atom is -0.399 e. The Morgan fingerprint density at radius 2 is 2.12 bits per heavy atom. The van der Waals surface area contributed by atoms with Crippen LogP contribution in [-0.2, 0) is 4.74 Å². The number of nitrogen functional groups attached to an aromatic ring is 1. The van der Waals surface area contributed by atoms with Crippen LogP contribution in [-0.4, -0.2) is 32.4 Å². The van der Waals surface area contributed by atoms with Gasteiger partial charge in [0.15, 0.2) is 22.1 Å². The van der Waals surface area contributed by atoms with Crippen molar-refractivity contribution in [2.75, 3.05) is 23.9 Å². The first-order valence-corrected chi connectivity index (χ1v) is 9.00. The van der Waals surface area contributed by atoms with E-state index in [2.05, 4.69) is 20.3 Å². The molecule has 0 bridgehead atoms. The van der Waals surface area contributed by atoms with Gasteiger partial charge in [-0.05, 0) is 43.4 Å². The molecule has 1 saturated heterocycles. The van der Waals surface area contributed by atoms with E-state index >= 15 is 0 Å². The average molecular weight is 342 g/mol. The quantitative estimate of drug-likeness (QED) is 0.427. The van der Waals surface area contributed by atoms with E-state index in [0.29, 0.717) is 11.0 Å². The number of nitrogens with two attached hydrogens (primary N) is 1. The lowest BCUT2D eigenvalue weighted by molar-refractivity contribution is 0.0592. The third-order valence-electron chi connectivity index (χ3n) is 3.97. The summed E-state index contributed by atoms with van der Waals surface area (Å²) >= 11 is 1.50. The summed E-state index contributed by atoms with van der Waals surface area (Å²) in [5, 5.41) is 4.01. The lowest BCUT2D eigenvalue weighted by atomic mass is 10.3. The second-order valence-corrected chi connectivity index (χ2v) is 6.37. The summed E-state index contributed by atoms with van der Waals surface area (Å²) in [4.78, 5) is 13.7. The molecule has 124 valence electrons. The Hall–Kier alpha value is -2.32. The summed E-state index contributed by atoms with van der Waals surface area (Å²) in [5.41, 5.74) is 8.90. The van der Waals surface area contributed by atoms with Crippen molar-refractivity contribution >= 4 is 40.1 Å². The fourth-order valence-electron chi connectivity index (χ4n) is 2.77. The summed E-state index contributed by atoms with van der Waals surface area (Å²) < 4.78 is 7.77. The lowest BCUT2D eigenvalue weighted by Gasteiger charge is -2.12. The molecular formula is C16H18N6OS. The van der Waals surface area contributed by atoms with Gasteiger partial charge in [-0.2, -0.15) is 0 Å². The molecule has 4 rings (SSSR count). The van der Waals surface area contributed by atoms with E-state index in [0.717, 1.165) is 42.0 Å². The molecule has 1 atom stereocenters. The standard InChI is InChI=1S/C16H18N6OS/c1-24-16-20-14(19-11-6-4-10(17)5-7-11)13-15(21-16)22(9-18-13)12-3-2-8-23-12/h4-7,9,12H,2-3,8,17H2,1H3,(H,19,20,21). The predicted molar refractivity (Wildman–Crippen MR) is 95.5 cm³/mol. The summed E-state index contributed by atoms with van der Waals surface area (Å²) in [7, 11) is 0. The molecule has 0 aliphatic carbocycles. The smallest absolute Gasteiger partial charge is 0.191 e. The third-order valence-corrected chi connectivity index (χ3v) is 4.52. The Morgan fingerprint density at radius 1 is 1.29 bits per heavy atom. The molecule has 1 aromatic carbocycles. The molecule has 1 unspecified atom stereocenters. The van der Waals surface area contributed by atoms with E-state index in [9.17, 15) is 0 Å². The average Bonchev–Trinajstić information content (AvgIpc) is 3.25. The zero-order valence-electron chi connectivity index (χ0n) is 13.3. The third kappa shape index (κ3) is 2.78. The molecule has 0 saturated carbocycles. The highest BCUT2D eigenvalue weighted by molar-refractivity contribution is 7.98. The van der Waals surface area contributed by atoms with Crippen LogP contribution < -0.4 is 11.1 Å². The predicted octanol–water partition coefficient (Wildman–Crippen LogP) is 3.18. The van der Waals surface area contributed by atoms with Gasteiger partial charge in [0.1, 0.15) is 6.23 Å². The van der Waals surface area contributed by atoms with Gasteiger partial charge in [0.25, 0.3) is 0 Å². The fraction of sp³-hybridized carbons (Fsp3) is 0.312. The number of ether oxygens (including phenoxy) is 1. The second kappa shape index (κ2) is 6.29. The second-order valence-electron chi connectivity index (χ2n) is 5.60. The van der Waals surface area contributed by atoms with Gasteiger partial charge in [0.2, 0.25) is 0 Å². The largest absolute Gasteiger partial charge is 0.399 e. The molecule has 1 aliphatic heterocycles. The summed E-state index contributed by atoms with van der Waals surface area (Å²) in [6.45, 7) is 0.779. The molecule has 1 aliphatic rings. The van der Waals surface area contributed by atoms with Gasteiger partial charge in [-0.25, -0.2) is 15.0 Å². The van der Waals surface area contributed by atoms with Crippen molar-refractivity contribution in [2.24, 2.45) is 0 Å². The minimum absolute atomic E-state index is 0.00368. The van der Waals surface area contributed by atoms with E-state index in [-0.39, 0.29) is 6.23 Å². The Kier molecular flexibility index (Phi) is 3.99. The maximum atomic E-state index is 5.77. The number of anilines is 3. The molecule has 3 N–H and O–H groups in total. The van der Waals surface area contributed by atoms with E-state index < -0.39 is 0 Å². The molecule has 24 heavy (non-hydrogen) atoms. The van der Waals surface area contributed by atoms with Crippen molar-refractivity contribution < 1.29 is 4.74 Å². The maximum absolute atomic E-state index is 5.77. The molecule has 0 amide bonds. The Balaban J connectivity index is 1.77. The van der Waals surface area contributed by atoms with Crippen molar-refractivity contribution in [3.63, 3.8) is 0 Å². The van der Waals surface area contributed by atoms with Gasteiger partial charge in [-0.1, -0.05) is 11.8 Å². The normalized spacial score (nSPS) is 17.5. The number of rotatable bonds is 4. The van der Waals surface area contributed by atoms with Crippen LogP contribution in [0.3, 0.4) is 0 Å². The molecular weight excluding hydrogens is 324 g/mol. The van der Waals surface area contributed by atoms with Crippen molar-refractivity contribution in [3.05, 3.63) is 30.6 Å². The molecule has 8 heteroatoms. The number of hydrogen-bond donors (Lipinski definition) is 2. The minimum atomic E-state index is 0.00368. The highest BCUT2D eigenvalue weighted by Gasteiger charge is 2.22. The topological polar surface area (TPSA) is 90.9 Å². The first-order valence-electron chi connectivity index (χ1n) is 7.77. The van der Waals surface area contributed by atoms with Gasteiger partial charge in [0.05, 0.1) is 6.33 Å². The summed E-state index contributed by atoms with van der Waals surface area (Å²) in [6.07, 6.45) is 5.78. The van der Waals surface area contributed by atoms with Gasteiger partial charge < -0.3 is 15.8 Å². The molecule has 3 heterocycles. The summed E-state index contributed by atoms with van der Waals surface area (Å²) in [6, 6.07) is 7.53. The summed E-state index contributed by atoms with van der Waals surface area (Å²) in [5.74, 6) is 0.686. The highest BCUT2D eigenvalue weighted by atomic mass is 32.2. The van der Waals surface area contributed by atoms with E-state index in [4.69, 9.17) is 10.5 Å². The molecule has 0 spiro atoms. The van der Waals surface area contributed by atoms with Gasteiger partial charge in [-0.3, -0.25) is 4.57 Å². The van der Waals surface area contributed by atoms with Crippen LogP contribution in [0.1, 0.15) is 19.1 Å². The molecule has 2 aromatic heterocycles. The van der Waals surface area contributed by atoms with E-state index in [1.54, 1.807) is 6.33 Å². The van der Waals surface area contributed by atoms with E-state index in [1.165, 1.54) is 11.8 Å². The van der Waals surface area contributed by atoms with Crippen LogP contribution in [0.25, 0.3) is 11.2 Å². The van der Waals surface area contributed by atoms with Crippen molar-refractivity contribution in [1.82, 2.24) is 19.5 Å². The van der Waals surface area contributed by atoms with Crippen LogP contribution in [0, 0.1) is 0 Å². The number of hydrogen-bond acceptors (Lipinski definition) is 7. The first kappa shape index (κ1) is 15.2. The van der Waals surface area contributed by atoms with Crippen LogP contribution in [0.15, 0.2) is 35.7 Å². The number of nitrogens with one attached hydrogen (secondary N) is 1. The van der Waals surface area contributed by atoms with Crippen LogP contribution in [0.4, 0.5) is 17.2 Å². The van der Waals surface area contributed by atoms with Crippen molar-refractivity contribution in [1.29, 1.82) is 0 Å². The van der Waals surface area contributed by atoms with Crippen LogP contribution in [0.2, 0.25) is 0 Å². The molecule has 3 aromatic rings. The fourth-order valence-corrected chi connectivity index (χ4v) is 3.13. The van der Waals surface area contributed by atoms with Crippen molar-refractivity contribution in [2.45, 2.75) is 24.2 Å².